The fraction of sp³-hybridized carbons (Fsp3) is 0.500. The molecule has 3 aromatic rings. The highest BCUT2D eigenvalue weighted by Gasteiger charge is 2.35. The van der Waals surface area contributed by atoms with E-state index < -0.39 is 35.8 Å². The molecular formula is C24H33BrF2N4O2SSi. The van der Waals surface area contributed by atoms with Crippen molar-refractivity contribution in [2.75, 3.05) is 6.61 Å². The van der Waals surface area contributed by atoms with Gasteiger partial charge in [0.2, 0.25) is 0 Å². The molecule has 11 heteroatoms. The largest absolute Gasteiger partial charge is 0.598 e. The van der Waals surface area contributed by atoms with E-state index in [-0.39, 0.29) is 12.6 Å². The van der Waals surface area contributed by atoms with Gasteiger partial charge in [0.15, 0.2) is 5.65 Å². The van der Waals surface area contributed by atoms with Gasteiger partial charge in [0.05, 0.1) is 11.9 Å². The zero-order valence-electron chi connectivity index (χ0n) is 20.8. The predicted octanol–water partition coefficient (Wildman–Crippen LogP) is 5.90. The maximum Gasteiger partial charge on any atom is 0.160 e. The smallest absolute Gasteiger partial charge is 0.160 e. The van der Waals surface area contributed by atoms with Crippen molar-refractivity contribution in [1.82, 2.24) is 14.8 Å². The van der Waals surface area contributed by atoms with Crippen LogP contribution in [0.1, 0.15) is 37.4 Å². The van der Waals surface area contributed by atoms with Crippen LogP contribution in [0.15, 0.2) is 34.9 Å². The number of nitrogens with zero attached hydrogens (tertiary/aromatic N) is 3. The SMILES string of the molecule is CC(C)(CC(Cc1cc(F)cc(F)c1)c1nc2c(cnn2COCC[Si](C)(C)C)cc1Br)[S+](N)[O-]. The van der Waals surface area contributed by atoms with Crippen molar-refractivity contribution in [3.05, 3.63) is 57.8 Å². The van der Waals surface area contributed by atoms with Gasteiger partial charge >= 0.3 is 0 Å². The number of halogens is 3. The molecule has 0 fully saturated rings. The van der Waals surface area contributed by atoms with Crippen molar-refractivity contribution < 1.29 is 18.1 Å². The molecule has 6 nitrogen and oxygen atoms in total. The quantitative estimate of drug-likeness (QED) is 0.171. The second kappa shape index (κ2) is 11.3. The maximum atomic E-state index is 13.9. The van der Waals surface area contributed by atoms with Crippen molar-refractivity contribution in [3.8, 4) is 0 Å². The highest BCUT2D eigenvalue weighted by atomic mass is 79.9. The average Bonchev–Trinajstić information content (AvgIpc) is 3.10. The van der Waals surface area contributed by atoms with Gasteiger partial charge < -0.3 is 9.29 Å². The number of rotatable bonds is 11. The molecule has 2 heterocycles. The fourth-order valence-corrected chi connectivity index (χ4v) is 5.64. The van der Waals surface area contributed by atoms with Crippen LogP contribution in [-0.2, 0) is 29.3 Å². The van der Waals surface area contributed by atoms with Crippen molar-refractivity contribution in [2.45, 2.75) is 69.8 Å². The van der Waals surface area contributed by atoms with Crippen molar-refractivity contribution in [2.24, 2.45) is 5.14 Å². The summed E-state index contributed by atoms with van der Waals surface area (Å²) in [5.74, 6) is -1.60. The van der Waals surface area contributed by atoms with Gasteiger partial charge in [-0.05, 0) is 66.0 Å². The Morgan fingerprint density at radius 3 is 2.46 bits per heavy atom. The highest BCUT2D eigenvalue weighted by molar-refractivity contribution is 9.10. The van der Waals surface area contributed by atoms with E-state index in [9.17, 15) is 13.3 Å². The summed E-state index contributed by atoms with van der Waals surface area (Å²) in [5.41, 5.74) is 1.82. The summed E-state index contributed by atoms with van der Waals surface area (Å²) in [6.45, 7) is 11.4. The first-order valence-corrected chi connectivity index (χ1v) is 17.2. The van der Waals surface area contributed by atoms with Gasteiger partial charge in [-0.1, -0.05) is 19.6 Å². The summed E-state index contributed by atoms with van der Waals surface area (Å²) in [6.07, 6.45) is 2.42. The number of hydrogen-bond donors (Lipinski definition) is 1. The molecule has 2 aromatic heterocycles. The van der Waals surface area contributed by atoms with Crippen molar-refractivity contribution >= 4 is 46.4 Å². The molecule has 1 aromatic carbocycles. The highest BCUT2D eigenvalue weighted by Crippen LogP contribution is 2.36. The monoisotopic (exact) mass is 586 g/mol. The lowest BCUT2D eigenvalue weighted by Gasteiger charge is -2.29. The molecule has 0 bridgehead atoms. The Labute approximate surface area is 218 Å². The lowest BCUT2D eigenvalue weighted by Crippen LogP contribution is -2.39. The van der Waals surface area contributed by atoms with Gasteiger partial charge in [-0.3, -0.25) is 0 Å². The van der Waals surface area contributed by atoms with Crippen molar-refractivity contribution in [1.29, 1.82) is 0 Å². The van der Waals surface area contributed by atoms with Crippen molar-refractivity contribution in [3.63, 3.8) is 0 Å². The van der Waals surface area contributed by atoms with Crippen LogP contribution < -0.4 is 5.14 Å². The molecule has 0 aliphatic heterocycles. The van der Waals surface area contributed by atoms with E-state index in [0.717, 1.165) is 22.0 Å². The van der Waals surface area contributed by atoms with Crippen LogP contribution in [-0.4, -0.2) is 38.7 Å². The summed E-state index contributed by atoms with van der Waals surface area (Å²) in [7, 11) is -1.21. The third kappa shape index (κ3) is 7.80. The van der Waals surface area contributed by atoms with Crippen LogP contribution >= 0.6 is 15.9 Å². The van der Waals surface area contributed by atoms with Crippen LogP contribution in [0.2, 0.25) is 25.7 Å². The molecular weight excluding hydrogens is 554 g/mol. The zero-order chi connectivity index (χ0) is 26.0. The maximum absolute atomic E-state index is 13.9. The first-order chi connectivity index (χ1) is 16.2. The van der Waals surface area contributed by atoms with Crippen LogP contribution in [0.3, 0.4) is 0 Å². The Kier molecular flexibility index (Phi) is 9.14. The van der Waals surface area contributed by atoms with E-state index in [1.54, 1.807) is 10.9 Å². The molecule has 0 aliphatic rings. The Morgan fingerprint density at radius 2 is 1.86 bits per heavy atom. The van der Waals surface area contributed by atoms with Gasteiger partial charge in [0.1, 0.15) is 23.1 Å². The van der Waals surface area contributed by atoms with Crippen LogP contribution in [0.25, 0.3) is 11.0 Å². The molecule has 2 unspecified atom stereocenters. The molecule has 0 radical (unpaired) electrons. The summed E-state index contributed by atoms with van der Waals surface area (Å²) < 4.78 is 47.6. The van der Waals surface area contributed by atoms with Crippen LogP contribution in [0, 0.1) is 11.6 Å². The molecule has 0 spiro atoms. The second-order valence-electron chi connectivity index (χ2n) is 10.7. The third-order valence-corrected chi connectivity index (χ3v) is 9.47. The van der Waals surface area contributed by atoms with Gasteiger partial charge in [-0.25, -0.2) is 18.4 Å². The normalized spacial score (nSPS) is 14.5. The summed E-state index contributed by atoms with van der Waals surface area (Å²) >= 11 is 2.01. The van der Waals surface area contributed by atoms with Gasteiger partial charge in [0.25, 0.3) is 0 Å². The first kappa shape index (κ1) is 28.2. The number of aromatic nitrogens is 3. The van der Waals surface area contributed by atoms with E-state index in [0.29, 0.717) is 36.4 Å². The van der Waals surface area contributed by atoms with Gasteiger partial charge in [-0.15, -0.1) is 0 Å². The number of pyridine rings is 1. The van der Waals surface area contributed by atoms with Gasteiger partial charge in [0, 0.05) is 54.3 Å². The predicted molar refractivity (Wildman–Crippen MR) is 143 cm³/mol. The Morgan fingerprint density at radius 1 is 1.20 bits per heavy atom. The van der Waals surface area contributed by atoms with Gasteiger partial charge in [-0.2, -0.15) is 10.2 Å². The topological polar surface area (TPSA) is 89.0 Å². The molecule has 35 heavy (non-hydrogen) atoms. The third-order valence-electron chi connectivity index (χ3n) is 5.88. The number of nitrogens with two attached hydrogens (primary N) is 1. The Bertz CT molecular complexity index is 1150. The van der Waals surface area contributed by atoms with Crippen LogP contribution in [0.4, 0.5) is 8.78 Å². The number of benzene rings is 1. The minimum Gasteiger partial charge on any atom is -0.598 e. The van der Waals surface area contributed by atoms with E-state index in [2.05, 4.69) is 40.7 Å². The number of ether oxygens (including phenoxy) is 1. The lowest BCUT2D eigenvalue weighted by molar-refractivity contribution is 0.0812. The molecule has 2 atom stereocenters. The summed E-state index contributed by atoms with van der Waals surface area (Å²) in [5, 5.41) is 11.0. The second-order valence-corrected chi connectivity index (χ2v) is 18.9. The minimum atomic E-state index is -1.61. The molecule has 0 saturated carbocycles. The zero-order valence-corrected chi connectivity index (χ0v) is 24.2. The standard InChI is InChI=1S/C24H33BrF2N4O2SSi/c1-24(2,34(28)32)13-17(8-16-9-19(26)12-20(27)10-16)22-21(25)11-18-14-29-31(23(18)30-22)15-33-6-7-35(3,4)5/h9-12,14,17H,6-8,13,15,28H2,1-5H3. The molecule has 192 valence electrons. The summed E-state index contributed by atoms with van der Waals surface area (Å²) in [4.78, 5) is 4.90. The Balaban J connectivity index is 1.95. The minimum absolute atomic E-state index is 0.278. The van der Waals surface area contributed by atoms with Crippen LogP contribution in [0.5, 0.6) is 0 Å². The molecule has 3 rings (SSSR count). The summed E-state index contributed by atoms with van der Waals surface area (Å²) in [6, 6.07) is 6.44. The fourth-order valence-electron chi connectivity index (χ4n) is 3.86. The van der Waals surface area contributed by atoms with E-state index in [1.165, 1.54) is 12.1 Å². The number of hydrogen-bond acceptors (Lipinski definition) is 5. The average molecular weight is 588 g/mol. The van der Waals surface area contributed by atoms with E-state index >= 15 is 0 Å². The molecule has 0 saturated heterocycles. The van der Waals surface area contributed by atoms with E-state index in [4.69, 9.17) is 14.9 Å². The molecule has 2 N–H and O–H groups in total. The molecule has 0 aliphatic carbocycles. The number of fused-ring (bicyclic) bond motifs is 1. The molecule has 0 amide bonds. The lowest BCUT2D eigenvalue weighted by atomic mass is 9.87. The Hall–Kier alpha value is -1.37. The van der Waals surface area contributed by atoms with E-state index in [1.807, 2.05) is 19.9 Å². The first-order valence-electron chi connectivity index (χ1n) is 11.5.